The Morgan fingerprint density at radius 2 is 2.12 bits per heavy atom. The molecule has 0 radical (unpaired) electrons. The molecule has 3 rings (SSSR count). The van der Waals surface area contributed by atoms with Crippen LogP contribution in [0, 0.1) is 6.92 Å². The molecule has 82 valence electrons. The Hall–Kier alpha value is -1.07. The molecule has 0 unspecified atom stereocenters. The molecular weight excluding hydrogens is 238 g/mol. The van der Waals surface area contributed by atoms with Crippen molar-refractivity contribution in [3.8, 4) is 10.7 Å². The second kappa shape index (κ2) is 3.75. The molecule has 1 aliphatic heterocycles. The van der Waals surface area contributed by atoms with E-state index in [1.807, 2.05) is 11.8 Å². The second-order valence-corrected chi connectivity index (χ2v) is 6.03. The number of hydrogen-bond acceptors (Lipinski definition) is 5. The van der Waals surface area contributed by atoms with Crippen LogP contribution in [-0.2, 0) is 11.5 Å². The molecule has 0 aliphatic carbocycles. The molecule has 0 aromatic carbocycles. The number of nitrogens with two attached hydrogens (primary N) is 1. The van der Waals surface area contributed by atoms with Crippen molar-refractivity contribution in [3.63, 3.8) is 0 Å². The Kier molecular flexibility index (Phi) is 2.37. The first-order valence-corrected chi connectivity index (χ1v) is 7.01. The zero-order valence-electron chi connectivity index (χ0n) is 8.86. The van der Waals surface area contributed by atoms with Crippen LogP contribution in [-0.4, -0.2) is 9.97 Å². The van der Waals surface area contributed by atoms with Crippen LogP contribution in [0.25, 0.3) is 10.7 Å². The van der Waals surface area contributed by atoms with Crippen molar-refractivity contribution in [2.75, 3.05) is 5.73 Å². The molecule has 0 saturated heterocycles. The van der Waals surface area contributed by atoms with Crippen LogP contribution in [0.4, 0.5) is 5.82 Å². The SMILES string of the molecule is Cc1ccc(-c2nc(N)c3c(n2)CSC3)s1. The van der Waals surface area contributed by atoms with Crippen LogP contribution in [0.2, 0.25) is 0 Å². The number of nitrogens with zero attached hydrogens (tertiary/aromatic N) is 2. The number of fused-ring (bicyclic) bond motifs is 1. The van der Waals surface area contributed by atoms with Gasteiger partial charge in [0.15, 0.2) is 5.82 Å². The normalized spacial score (nSPS) is 14.1. The van der Waals surface area contributed by atoms with E-state index in [4.69, 9.17) is 5.73 Å². The molecular formula is C11H11N3S2. The molecule has 0 amide bonds. The Bertz CT molecular complexity index is 548. The number of nitrogen functional groups attached to an aromatic ring is 1. The second-order valence-electron chi connectivity index (χ2n) is 3.76. The summed E-state index contributed by atoms with van der Waals surface area (Å²) in [4.78, 5) is 11.4. The van der Waals surface area contributed by atoms with Crippen LogP contribution in [0.15, 0.2) is 12.1 Å². The maximum absolute atomic E-state index is 5.96. The predicted molar refractivity (Wildman–Crippen MR) is 69.5 cm³/mol. The average molecular weight is 249 g/mol. The lowest BCUT2D eigenvalue weighted by Crippen LogP contribution is -2.02. The number of thioether (sulfide) groups is 1. The lowest BCUT2D eigenvalue weighted by molar-refractivity contribution is 1.09. The summed E-state index contributed by atoms with van der Waals surface area (Å²) in [5, 5.41) is 0. The van der Waals surface area contributed by atoms with E-state index in [-0.39, 0.29) is 0 Å². The first-order chi connectivity index (χ1) is 7.74. The summed E-state index contributed by atoms with van der Waals surface area (Å²) in [6.45, 7) is 2.08. The third kappa shape index (κ3) is 1.60. The minimum atomic E-state index is 0.649. The van der Waals surface area contributed by atoms with Gasteiger partial charge in [-0.25, -0.2) is 9.97 Å². The Labute approximate surface area is 102 Å². The van der Waals surface area contributed by atoms with E-state index < -0.39 is 0 Å². The standard InChI is InChI=1S/C11H11N3S2/c1-6-2-3-9(16-6)11-13-8-5-15-4-7(8)10(12)14-11/h2-3H,4-5H2,1H3,(H2,12,13,14). The van der Waals surface area contributed by atoms with E-state index in [9.17, 15) is 0 Å². The monoisotopic (exact) mass is 249 g/mol. The summed E-state index contributed by atoms with van der Waals surface area (Å²) in [6, 6.07) is 4.14. The van der Waals surface area contributed by atoms with Gasteiger partial charge in [0.05, 0.1) is 10.6 Å². The van der Waals surface area contributed by atoms with Gasteiger partial charge in [0.2, 0.25) is 0 Å². The topological polar surface area (TPSA) is 51.8 Å². The van der Waals surface area contributed by atoms with Crippen LogP contribution in [0.5, 0.6) is 0 Å². The number of rotatable bonds is 1. The van der Waals surface area contributed by atoms with Crippen LogP contribution in [0.3, 0.4) is 0 Å². The van der Waals surface area contributed by atoms with E-state index in [1.165, 1.54) is 4.88 Å². The van der Waals surface area contributed by atoms with Gasteiger partial charge in [-0.2, -0.15) is 11.8 Å². The van der Waals surface area contributed by atoms with Crippen molar-refractivity contribution in [3.05, 3.63) is 28.3 Å². The summed E-state index contributed by atoms with van der Waals surface area (Å²) in [5.74, 6) is 3.33. The van der Waals surface area contributed by atoms with E-state index in [0.29, 0.717) is 5.82 Å². The van der Waals surface area contributed by atoms with Gasteiger partial charge in [0.25, 0.3) is 0 Å². The molecule has 0 fully saturated rings. The minimum absolute atomic E-state index is 0.649. The van der Waals surface area contributed by atoms with Crippen LogP contribution >= 0.6 is 23.1 Å². The van der Waals surface area contributed by atoms with Crippen molar-refractivity contribution in [1.29, 1.82) is 0 Å². The van der Waals surface area contributed by atoms with Crippen LogP contribution in [0.1, 0.15) is 16.1 Å². The molecule has 0 spiro atoms. The first-order valence-electron chi connectivity index (χ1n) is 5.04. The van der Waals surface area contributed by atoms with E-state index in [1.54, 1.807) is 11.3 Å². The molecule has 0 atom stereocenters. The fourth-order valence-electron chi connectivity index (χ4n) is 1.74. The molecule has 16 heavy (non-hydrogen) atoms. The van der Waals surface area contributed by atoms with Gasteiger partial charge in [-0.05, 0) is 19.1 Å². The lowest BCUT2D eigenvalue weighted by atomic mass is 10.2. The third-order valence-corrected chi connectivity index (χ3v) is 4.54. The van der Waals surface area contributed by atoms with E-state index in [2.05, 4.69) is 29.0 Å². The highest BCUT2D eigenvalue weighted by Gasteiger charge is 2.19. The van der Waals surface area contributed by atoms with Gasteiger partial charge in [0.1, 0.15) is 5.82 Å². The summed E-state index contributed by atoms with van der Waals surface area (Å²) in [7, 11) is 0. The van der Waals surface area contributed by atoms with Gasteiger partial charge in [-0.1, -0.05) is 0 Å². The van der Waals surface area contributed by atoms with Gasteiger partial charge < -0.3 is 5.73 Å². The summed E-state index contributed by atoms with van der Waals surface area (Å²) in [6.07, 6.45) is 0. The minimum Gasteiger partial charge on any atom is -0.383 e. The highest BCUT2D eigenvalue weighted by molar-refractivity contribution is 7.98. The smallest absolute Gasteiger partial charge is 0.171 e. The molecule has 2 aromatic rings. The molecule has 2 N–H and O–H groups in total. The van der Waals surface area contributed by atoms with E-state index in [0.717, 1.165) is 33.5 Å². The molecule has 0 saturated carbocycles. The summed E-state index contributed by atoms with van der Waals surface area (Å²) in [5.41, 5.74) is 8.19. The van der Waals surface area contributed by atoms with Gasteiger partial charge in [0, 0.05) is 21.9 Å². The van der Waals surface area contributed by atoms with Crippen molar-refractivity contribution in [1.82, 2.24) is 9.97 Å². The molecule has 5 heteroatoms. The maximum Gasteiger partial charge on any atom is 0.171 e. The van der Waals surface area contributed by atoms with Gasteiger partial charge >= 0.3 is 0 Å². The van der Waals surface area contributed by atoms with Crippen molar-refractivity contribution >= 4 is 28.9 Å². The molecule has 3 nitrogen and oxygen atoms in total. The van der Waals surface area contributed by atoms with E-state index >= 15 is 0 Å². The Balaban J connectivity index is 2.12. The predicted octanol–water partition coefficient (Wildman–Crippen LogP) is 2.84. The number of anilines is 1. The first kappa shape index (κ1) is 10.1. The molecule has 3 heterocycles. The average Bonchev–Trinajstić information content (AvgIpc) is 2.85. The highest BCUT2D eigenvalue weighted by atomic mass is 32.2. The number of aryl methyl sites for hydroxylation is 1. The highest BCUT2D eigenvalue weighted by Crippen LogP contribution is 2.34. The van der Waals surface area contributed by atoms with Crippen molar-refractivity contribution < 1.29 is 0 Å². The third-order valence-electron chi connectivity index (χ3n) is 2.57. The quantitative estimate of drug-likeness (QED) is 0.844. The van der Waals surface area contributed by atoms with Gasteiger partial charge in [-0.15, -0.1) is 11.3 Å². The number of thiophene rings is 1. The fourth-order valence-corrected chi connectivity index (χ4v) is 3.60. The summed E-state index contributed by atoms with van der Waals surface area (Å²) < 4.78 is 0. The molecule has 2 aromatic heterocycles. The van der Waals surface area contributed by atoms with Crippen molar-refractivity contribution in [2.24, 2.45) is 0 Å². The fraction of sp³-hybridized carbons (Fsp3) is 0.273. The zero-order valence-corrected chi connectivity index (χ0v) is 10.5. The summed E-state index contributed by atoms with van der Waals surface area (Å²) >= 11 is 3.55. The largest absolute Gasteiger partial charge is 0.383 e. The zero-order chi connectivity index (χ0) is 11.1. The number of aromatic nitrogens is 2. The Morgan fingerprint density at radius 1 is 1.25 bits per heavy atom. The van der Waals surface area contributed by atoms with Crippen LogP contribution < -0.4 is 5.73 Å². The number of hydrogen-bond donors (Lipinski definition) is 1. The maximum atomic E-state index is 5.96. The lowest BCUT2D eigenvalue weighted by Gasteiger charge is -2.04. The van der Waals surface area contributed by atoms with Crippen molar-refractivity contribution in [2.45, 2.75) is 18.4 Å². The molecule has 1 aliphatic rings. The Morgan fingerprint density at radius 3 is 2.88 bits per heavy atom. The molecule has 0 bridgehead atoms. The van der Waals surface area contributed by atoms with Gasteiger partial charge in [-0.3, -0.25) is 0 Å².